The Morgan fingerprint density at radius 1 is 1.00 bits per heavy atom. The minimum absolute atomic E-state index is 0.00547. The van der Waals surface area contributed by atoms with Crippen LogP contribution >= 0.6 is 11.3 Å². The molecule has 5 aromatic rings. The fourth-order valence-corrected chi connectivity index (χ4v) is 5.21. The van der Waals surface area contributed by atoms with Gasteiger partial charge in [-0.15, -0.1) is 21.6 Å². The minimum Gasteiger partial charge on any atom is -0.291 e. The predicted octanol–water partition coefficient (Wildman–Crippen LogP) is 5.41. The van der Waals surface area contributed by atoms with Crippen molar-refractivity contribution in [3.05, 3.63) is 88.2 Å². The van der Waals surface area contributed by atoms with Gasteiger partial charge in [-0.2, -0.15) is 13.1 Å². The molecule has 11 heteroatoms. The number of fused-ring (bicyclic) bond motifs is 1. The molecule has 0 unspecified atom stereocenters. The number of aromatic amines is 1. The highest BCUT2D eigenvalue weighted by Gasteiger charge is 2.20. The number of nitrogens with zero attached hydrogens (tertiary/aromatic N) is 4. The third-order valence-corrected chi connectivity index (χ3v) is 6.94. The predicted molar refractivity (Wildman–Crippen MR) is 130 cm³/mol. The summed E-state index contributed by atoms with van der Waals surface area (Å²) in [7, 11) is -4.60. The van der Waals surface area contributed by atoms with E-state index in [1.165, 1.54) is 22.1 Å². The van der Waals surface area contributed by atoms with Gasteiger partial charge in [-0.05, 0) is 18.4 Å². The molecule has 2 aromatic heterocycles. The molecule has 0 fully saturated rings. The SMILES string of the molecule is Cc1[nH]n(-c2nc(-c3ccccc3)cs2)c(=O)c1N=Nc1ccc2ccccc2c1S(=O)(=O)O. The zero-order chi connectivity index (χ0) is 23.9. The molecule has 0 aliphatic heterocycles. The van der Waals surface area contributed by atoms with E-state index in [9.17, 15) is 17.8 Å². The molecule has 0 spiro atoms. The van der Waals surface area contributed by atoms with Crippen molar-refractivity contribution in [3.63, 3.8) is 0 Å². The van der Waals surface area contributed by atoms with Crippen LogP contribution < -0.4 is 5.56 Å². The van der Waals surface area contributed by atoms with Gasteiger partial charge in [-0.3, -0.25) is 14.4 Å². The summed E-state index contributed by atoms with van der Waals surface area (Å²) in [5, 5.41) is 14.2. The third kappa shape index (κ3) is 3.96. The average molecular weight is 492 g/mol. The molecular weight excluding hydrogens is 474 g/mol. The first-order valence-corrected chi connectivity index (χ1v) is 12.4. The van der Waals surface area contributed by atoms with Crippen LogP contribution in [0.3, 0.4) is 0 Å². The number of nitrogens with one attached hydrogen (secondary N) is 1. The molecule has 5 rings (SSSR count). The lowest BCUT2D eigenvalue weighted by Gasteiger charge is -2.06. The molecule has 0 saturated heterocycles. The monoisotopic (exact) mass is 491 g/mol. The van der Waals surface area contributed by atoms with E-state index in [4.69, 9.17) is 0 Å². The number of hydrogen-bond donors (Lipinski definition) is 2. The maximum absolute atomic E-state index is 13.0. The van der Waals surface area contributed by atoms with Crippen LogP contribution in [0.25, 0.3) is 27.2 Å². The molecule has 170 valence electrons. The Hall–Kier alpha value is -3.93. The van der Waals surface area contributed by atoms with Crippen LogP contribution in [0, 0.1) is 6.92 Å². The van der Waals surface area contributed by atoms with Gasteiger partial charge >= 0.3 is 5.56 Å². The molecule has 0 aliphatic carbocycles. The quantitative estimate of drug-likeness (QED) is 0.251. The van der Waals surface area contributed by atoms with Crippen LogP contribution in [0.2, 0.25) is 0 Å². The lowest BCUT2D eigenvalue weighted by Crippen LogP contribution is -2.13. The van der Waals surface area contributed by atoms with Crippen LogP contribution in [0.1, 0.15) is 5.69 Å². The van der Waals surface area contributed by atoms with E-state index in [2.05, 4.69) is 20.3 Å². The number of aromatic nitrogens is 3. The van der Waals surface area contributed by atoms with Crippen molar-refractivity contribution in [2.45, 2.75) is 11.8 Å². The summed E-state index contributed by atoms with van der Waals surface area (Å²) in [5.41, 5.74) is 1.54. The van der Waals surface area contributed by atoms with Gasteiger partial charge in [0.25, 0.3) is 10.1 Å². The number of azo groups is 1. The van der Waals surface area contributed by atoms with Gasteiger partial charge in [0.2, 0.25) is 5.13 Å². The molecule has 0 amide bonds. The normalized spacial score (nSPS) is 12.1. The van der Waals surface area contributed by atoms with E-state index in [-0.39, 0.29) is 16.3 Å². The van der Waals surface area contributed by atoms with Gasteiger partial charge in [0.15, 0.2) is 5.69 Å². The van der Waals surface area contributed by atoms with E-state index in [0.717, 1.165) is 11.3 Å². The molecule has 2 N–H and O–H groups in total. The van der Waals surface area contributed by atoms with E-state index in [1.54, 1.807) is 37.3 Å². The Kier molecular flexibility index (Phi) is 5.44. The van der Waals surface area contributed by atoms with Crippen LogP contribution in [0.5, 0.6) is 0 Å². The van der Waals surface area contributed by atoms with Gasteiger partial charge in [0, 0.05) is 16.3 Å². The summed E-state index contributed by atoms with van der Waals surface area (Å²) < 4.78 is 35.3. The highest BCUT2D eigenvalue weighted by Crippen LogP contribution is 2.33. The molecule has 0 aliphatic rings. The van der Waals surface area contributed by atoms with Crippen molar-refractivity contribution in [2.24, 2.45) is 10.2 Å². The lowest BCUT2D eigenvalue weighted by atomic mass is 10.1. The van der Waals surface area contributed by atoms with Crippen LogP contribution in [-0.4, -0.2) is 27.7 Å². The van der Waals surface area contributed by atoms with Crippen molar-refractivity contribution >= 4 is 43.6 Å². The first-order chi connectivity index (χ1) is 16.3. The smallest absolute Gasteiger partial charge is 0.291 e. The highest BCUT2D eigenvalue weighted by atomic mass is 32.2. The summed E-state index contributed by atoms with van der Waals surface area (Å²) in [6.07, 6.45) is 0. The van der Waals surface area contributed by atoms with Gasteiger partial charge in [-0.25, -0.2) is 4.98 Å². The van der Waals surface area contributed by atoms with Crippen molar-refractivity contribution in [3.8, 4) is 16.4 Å². The van der Waals surface area contributed by atoms with Gasteiger partial charge < -0.3 is 0 Å². The van der Waals surface area contributed by atoms with E-state index >= 15 is 0 Å². The number of H-pyrrole nitrogens is 1. The zero-order valence-corrected chi connectivity index (χ0v) is 19.3. The number of hydrogen-bond acceptors (Lipinski definition) is 7. The number of benzene rings is 3. The summed E-state index contributed by atoms with van der Waals surface area (Å²) in [6.45, 7) is 1.65. The Labute approximate surface area is 197 Å². The van der Waals surface area contributed by atoms with Crippen molar-refractivity contribution < 1.29 is 13.0 Å². The minimum atomic E-state index is -4.60. The highest BCUT2D eigenvalue weighted by molar-refractivity contribution is 7.86. The molecule has 0 saturated carbocycles. The van der Waals surface area contributed by atoms with Gasteiger partial charge in [-0.1, -0.05) is 60.7 Å². The van der Waals surface area contributed by atoms with Crippen molar-refractivity contribution in [1.29, 1.82) is 0 Å². The number of thiazole rings is 1. The second-order valence-electron chi connectivity index (χ2n) is 7.42. The Bertz CT molecular complexity index is 1720. The maximum Gasteiger partial charge on any atom is 0.301 e. The largest absolute Gasteiger partial charge is 0.301 e. The average Bonchev–Trinajstić information content (AvgIpc) is 3.42. The van der Waals surface area contributed by atoms with Crippen LogP contribution in [0.15, 0.2) is 92.0 Å². The molecule has 9 nitrogen and oxygen atoms in total. The van der Waals surface area contributed by atoms with Crippen molar-refractivity contribution in [1.82, 2.24) is 14.8 Å². The standard InChI is InChI=1S/C23H17N5O4S2/c1-14-20(22(29)28(27-14)23-24-19(13-33-23)16-8-3-2-4-9-16)26-25-18-12-11-15-7-5-6-10-17(15)21(18)34(30,31)32/h2-13,27H,1H3,(H,30,31,32). The zero-order valence-electron chi connectivity index (χ0n) is 17.7. The Morgan fingerprint density at radius 2 is 1.74 bits per heavy atom. The Morgan fingerprint density at radius 3 is 2.50 bits per heavy atom. The molecule has 3 aromatic carbocycles. The molecular formula is C23H17N5O4S2. The molecule has 0 bridgehead atoms. The van der Waals surface area contributed by atoms with Crippen molar-refractivity contribution in [2.75, 3.05) is 0 Å². The summed E-state index contributed by atoms with van der Waals surface area (Å²) in [5.74, 6) is 0. The summed E-state index contributed by atoms with van der Waals surface area (Å²) >= 11 is 1.29. The number of aryl methyl sites for hydroxylation is 1. The molecule has 0 atom stereocenters. The van der Waals surface area contributed by atoms with E-state index < -0.39 is 15.7 Å². The van der Waals surface area contributed by atoms with Gasteiger partial charge in [0.1, 0.15) is 10.6 Å². The number of rotatable bonds is 5. The summed E-state index contributed by atoms with van der Waals surface area (Å²) in [6, 6.07) is 19.4. The topological polar surface area (TPSA) is 130 Å². The van der Waals surface area contributed by atoms with Crippen LogP contribution in [0.4, 0.5) is 11.4 Å². The fraction of sp³-hybridized carbons (Fsp3) is 0.0435. The maximum atomic E-state index is 13.0. The van der Waals surface area contributed by atoms with E-state index in [0.29, 0.717) is 21.6 Å². The first-order valence-electron chi connectivity index (χ1n) is 10.1. The Balaban J connectivity index is 1.56. The first kappa shape index (κ1) is 21.9. The summed E-state index contributed by atoms with van der Waals surface area (Å²) in [4.78, 5) is 17.2. The van der Waals surface area contributed by atoms with E-state index in [1.807, 2.05) is 35.7 Å². The van der Waals surface area contributed by atoms with Gasteiger partial charge in [0.05, 0.1) is 11.4 Å². The van der Waals surface area contributed by atoms with Crippen LogP contribution in [-0.2, 0) is 10.1 Å². The molecule has 34 heavy (non-hydrogen) atoms. The third-order valence-electron chi connectivity index (χ3n) is 5.17. The second kappa shape index (κ2) is 8.45. The fourth-order valence-electron chi connectivity index (χ4n) is 3.58. The molecule has 0 radical (unpaired) electrons. The molecule has 2 heterocycles. The lowest BCUT2D eigenvalue weighted by molar-refractivity contribution is 0.484. The second-order valence-corrected chi connectivity index (χ2v) is 9.61.